The van der Waals surface area contributed by atoms with Gasteiger partial charge in [-0.25, -0.2) is 9.97 Å². The zero-order valence-corrected chi connectivity index (χ0v) is 10.2. The summed E-state index contributed by atoms with van der Waals surface area (Å²) >= 11 is 5.92. The predicted octanol–water partition coefficient (Wildman–Crippen LogP) is 1.92. The molecule has 0 bridgehead atoms. The minimum absolute atomic E-state index is 0.340. The molecule has 1 fully saturated rings. The van der Waals surface area contributed by atoms with E-state index in [0.29, 0.717) is 5.28 Å². The van der Waals surface area contributed by atoms with E-state index in [-0.39, 0.29) is 0 Å². The molecule has 0 radical (unpaired) electrons. The van der Waals surface area contributed by atoms with Gasteiger partial charge in [0.15, 0.2) is 0 Å². The molecular weight excluding hydrogens is 226 g/mol. The first-order chi connectivity index (χ1) is 7.79. The van der Waals surface area contributed by atoms with Crippen LogP contribution in [-0.4, -0.2) is 36.3 Å². The van der Waals surface area contributed by atoms with E-state index in [2.05, 4.69) is 21.8 Å². The van der Waals surface area contributed by atoms with E-state index < -0.39 is 0 Å². The van der Waals surface area contributed by atoms with Crippen LogP contribution in [0.2, 0.25) is 5.28 Å². The van der Waals surface area contributed by atoms with Crippen LogP contribution in [0.4, 0.5) is 5.82 Å². The Morgan fingerprint density at radius 3 is 2.81 bits per heavy atom. The van der Waals surface area contributed by atoms with E-state index in [4.69, 9.17) is 16.3 Å². The van der Waals surface area contributed by atoms with Crippen LogP contribution in [-0.2, 0) is 11.2 Å². The first-order valence-electron chi connectivity index (χ1n) is 5.65. The van der Waals surface area contributed by atoms with Crippen molar-refractivity contribution in [2.45, 2.75) is 19.8 Å². The van der Waals surface area contributed by atoms with Crippen LogP contribution >= 0.6 is 11.6 Å². The molecule has 1 saturated heterocycles. The lowest BCUT2D eigenvalue weighted by atomic mass is 10.2. The minimum Gasteiger partial charge on any atom is -0.378 e. The Hall–Kier alpha value is -0.870. The van der Waals surface area contributed by atoms with Gasteiger partial charge >= 0.3 is 0 Å². The molecule has 1 aliphatic rings. The highest BCUT2D eigenvalue weighted by Crippen LogP contribution is 2.17. The van der Waals surface area contributed by atoms with E-state index in [9.17, 15) is 0 Å². The molecule has 0 aromatic carbocycles. The number of morpholine rings is 1. The first kappa shape index (κ1) is 11.6. The number of nitrogens with zero attached hydrogens (tertiary/aromatic N) is 3. The fourth-order valence-electron chi connectivity index (χ4n) is 1.79. The third-order valence-electron chi connectivity index (χ3n) is 2.58. The van der Waals surface area contributed by atoms with Crippen molar-refractivity contribution in [1.82, 2.24) is 9.97 Å². The second-order valence-electron chi connectivity index (χ2n) is 3.84. The Kier molecular flexibility index (Phi) is 3.96. The SMILES string of the molecule is CCCc1cc(N2CCOCC2)nc(Cl)n1. The standard InChI is InChI=1S/C11H16ClN3O/c1-2-3-9-8-10(14-11(12)13-9)15-4-6-16-7-5-15/h8H,2-7H2,1H3. The van der Waals surface area contributed by atoms with Gasteiger partial charge in [-0.3, -0.25) is 0 Å². The molecule has 2 heterocycles. The quantitative estimate of drug-likeness (QED) is 0.758. The van der Waals surface area contributed by atoms with Crippen molar-refractivity contribution >= 4 is 17.4 Å². The van der Waals surface area contributed by atoms with Crippen molar-refractivity contribution in [3.05, 3.63) is 17.0 Å². The molecule has 0 saturated carbocycles. The maximum Gasteiger partial charge on any atom is 0.224 e. The third kappa shape index (κ3) is 2.83. The van der Waals surface area contributed by atoms with E-state index in [1.165, 1.54) is 0 Å². The summed E-state index contributed by atoms with van der Waals surface area (Å²) in [6.07, 6.45) is 2.01. The van der Waals surface area contributed by atoms with Gasteiger partial charge in [-0.2, -0.15) is 0 Å². The average Bonchev–Trinajstić information content (AvgIpc) is 2.30. The van der Waals surface area contributed by atoms with Crippen LogP contribution in [0.15, 0.2) is 6.07 Å². The molecule has 2 rings (SSSR count). The van der Waals surface area contributed by atoms with Gasteiger partial charge in [0, 0.05) is 24.8 Å². The van der Waals surface area contributed by atoms with E-state index >= 15 is 0 Å². The fraction of sp³-hybridized carbons (Fsp3) is 0.636. The molecule has 5 heteroatoms. The fourth-order valence-corrected chi connectivity index (χ4v) is 1.99. The number of ether oxygens (including phenoxy) is 1. The minimum atomic E-state index is 0.340. The molecule has 88 valence electrons. The zero-order chi connectivity index (χ0) is 11.4. The Morgan fingerprint density at radius 2 is 2.12 bits per heavy atom. The highest BCUT2D eigenvalue weighted by molar-refractivity contribution is 6.28. The van der Waals surface area contributed by atoms with Crippen LogP contribution in [0.1, 0.15) is 19.0 Å². The van der Waals surface area contributed by atoms with Gasteiger partial charge in [0.1, 0.15) is 5.82 Å². The average molecular weight is 242 g/mol. The molecule has 1 aromatic heterocycles. The first-order valence-corrected chi connectivity index (χ1v) is 6.03. The topological polar surface area (TPSA) is 38.2 Å². The summed E-state index contributed by atoms with van der Waals surface area (Å²) in [5.74, 6) is 0.923. The summed E-state index contributed by atoms with van der Waals surface area (Å²) in [5.41, 5.74) is 1.02. The van der Waals surface area contributed by atoms with Gasteiger partial charge in [-0.15, -0.1) is 0 Å². The molecule has 0 spiro atoms. The molecule has 0 aliphatic carbocycles. The maximum atomic E-state index is 5.92. The number of hydrogen-bond acceptors (Lipinski definition) is 4. The van der Waals surface area contributed by atoms with Crippen molar-refractivity contribution in [1.29, 1.82) is 0 Å². The lowest BCUT2D eigenvalue weighted by molar-refractivity contribution is 0.122. The van der Waals surface area contributed by atoms with E-state index in [0.717, 1.165) is 50.7 Å². The summed E-state index contributed by atoms with van der Waals surface area (Å²) in [5, 5.41) is 0.340. The summed E-state index contributed by atoms with van der Waals surface area (Å²) in [7, 11) is 0. The summed E-state index contributed by atoms with van der Waals surface area (Å²) in [4.78, 5) is 10.7. The lowest BCUT2D eigenvalue weighted by Crippen LogP contribution is -2.36. The largest absolute Gasteiger partial charge is 0.378 e. The van der Waals surface area contributed by atoms with E-state index in [1.807, 2.05) is 6.07 Å². The molecular formula is C11H16ClN3O. The van der Waals surface area contributed by atoms with Crippen LogP contribution in [0, 0.1) is 0 Å². The number of hydrogen-bond donors (Lipinski definition) is 0. The number of anilines is 1. The van der Waals surface area contributed by atoms with Crippen molar-refractivity contribution in [3.63, 3.8) is 0 Å². The normalized spacial score (nSPS) is 16.5. The Bertz CT molecular complexity index is 353. The molecule has 0 amide bonds. The van der Waals surface area contributed by atoms with Crippen LogP contribution in [0.5, 0.6) is 0 Å². The highest BCUT2D eigenvalue weighted by Gasteiger charge is 2.14. The van der Waals surface area contributed by atoms with Gasteiger partial charge in [0.05, 0.1) is 13.2 Å². The van der Waals surface area contributed by atoms with Crippen LogP contribution < -0.4 is 4.90 Å². The highest BCUT2D eigenvalue weighted by atomic mass is 35.5. The molecule has 4 nitrogen and oxygen atoms in total. The molecule has 1 aromatic rings. The Labute approximate surface area is 101 Å². The monoisotopic (exact) mass is 241 g/mol. The van der Waals surface area contributed by atoms with E-state index in [1.54, 1.807) is 0 Å². The van der Waals surface area contributed by atoms with Gasteiger partial charge in [-0.1, -0.05) is 13.3 Å². The number of aromatic nitrogens is 2. The van der Waals surface area contributed by atoms with Crippen molar-refractivity contribution < 1.29 is 4.74 Å². The number of rotatable bonds is 3. The van der Waals surface area contributed by atoms with Crippen molar-refractivity contribution in [2.75, 3.05) is 31.2 Å². The Morgan fingerprint density at radius 1 is 1.38 bits per heavy atom. The number of aryl methyl sites for hydroxylation is 1. The predicted molar refractivity (Wildman–Crippen MR) is 64.1 cm³/mol. The summed E-state index contributed by atoms with van der Waals surface area (Å²) in [6, 6.07) is 2.03. The number of halogens is 1. The smallest absolute Gasteiger partial charge is 0.224 e. The third-order valence-corrected chi connectivity index (χ3v) is 2.75. The second-order valence-corrected chi connectivity index (χ2v) is 4.17. The zero-order valence-electron chi connectivity index (χ0n) is 9.45. The molecule has 0 unspecified atom stereocenters. The van der Waals surface area contributed by atoms with Gasteiger partial charge in [0.2, 0.25) is 5.28 Å². The lowest BCUT2D eigenvalue weighted by Gasteiger charge is -2.28. The maximum absolute atomic E-state index is 5.92. The van der Waals surface area contributed by atoms with Gasteiger partial charge in [-0.05, 0) is 18.0 Å². The molecule has 0 N–H and O–H groups in total. The van der Waals surface area contributed by atoms with Crippen molar-refractivity contribution in [2.24, 2.45) is 0 Å². The molecule has 16 heavy (non-hydrogen) atoms. The Balaban J connectivity index is 2.18. The molecule has 0 atom stereocenters. The van der Waals surface area contributed by atoms with Gasteiger partial charge in [0.25, 0.3) is 0 Å². The molecule has 1 aliphatic heterocycles. The van der Waals surface area contributed by atoms with Crippen molar-refractivity contribution in [3.8, 4) is 0 Å². The second kappa shape index (κ2) is 5.46. The summed E-state index contributed by atoms with van der Waals surface area (Å²) in [6.45, 7) is 5.39. The van der Waals surface area contributed by atoms with Crippen LogP contribution in [0.25, 0.3) is 0 Å². The summed E-state index contributed by atoms with van der Waals surface area (Å²) < 4.78 is 5.31. The van der Waals surface area contributed by atoms with Crippen LogP contribution in [0.3, 0.4) is 0 Å². The van der Waals surface area contributed by atoms with Gasteiger partial charge < -0.3 is 9.64 Å².